The SMILES string of the molecule is C/C=N\CC(C)C#N. The molecule has 0 heterocycles. The number of nitriles is 1. The fourth-order valence-corrected chi connectivity index (χ4v) is 0.304. The molecule has 1 unspecified atom stereocenters. The van der Waals surface area contributed by atoms with E-state index in [9.17, 15) is 0 Å². The minimum atomic E-state index is 0.0613. The van der Waals surface area contributed by atoms with Crippen LogP contribution in [0.1, 0.15) is 13.8 Å². The molecule has 8 heavy (non-hydrogen) atoms. The van der Waals surface area contributed by atoms with Crippen molar-refractivity contribution in [2.24, 2.45) is 10.9 Å². The zero-order valence-electron chi connectivity index (χ0n) is 5.26. The van der Waals surface area contributed by atoms with Gasteiger partial charge in [-0.3, -0.25) is 4.99 Å². The lowest BCUT2D eigenvalue weighted by atomic mass is 10.2. The highest BCUT2D eigenvalue weighted by molar-refractivity contribution is 5.53. The smallest absolute Gasteiger partial charge is 0.0672 e. The highest BCUT2D eigenvalue weighted by Gasteiger charge is 1.92. The van der Waals surface area contributed by atoms with E-state index in [-0.39, 0.29) is 5.92 Å². The van der Waals surface area contributed by atoms with Gasteiger partial charge in [0, 0.05) is 0 Å². The van der Waals surface area contributed by atoms with Crippen molar-refractivity contribution in [1.29, 1.82) is 5.26 Å². The molecule has 0 aliphatic rings. The number of aliphatic imine (C=N–C) groups is 1. The topological polar surface area (TPSA) is 36.1 Å². The van der Waals surface area contributed by atoms with Crippen molar-refractivity contribution >= 4 is 6.21 Å². The first kappa shape index (κ1) is 7.16. The summed E-state index contributed by atoms with van der Waals surface area (Å²) in [5, 5.41) is 8.24. The van der Waals surface area contributed by atoms with Crippen LogP contribution in [-0.4, -0.2) is 12.8 Å². The third-order valence-electron chi connectivity index (χ3n) is 0.782. The molecule has 0 radical (unpaired) electrons. The molecule has 0 saturated heterocycles. The van der Waals surface area contributed by atoms with Gasteiger partial charge in [0.05, 0.1) is 18.5 Å². The van der Waals surface area contributed by atoms with Crippen molar-refractivity contribution in [3.8, 4) is 6.07 Å². The van der Waals surface area contributed by atoms with Crippen molar-refractivity contribution in [2.45, 2.75) is 13.8 Å². The number of rotatable bonds is 2. The zero-order chi connectivity index (χ0) is 6.41. The molecule has 0 aromatic rings. The number of hydrogen-bond donors (Lipinski definition) is 0. The summed E-state index contributed by atoms with van der Waals surface area (Å²) in [5.41, 5.74) is 0. The Bertz CT molecular complexity index is 110. The standard InChI is InChI=1S/C6H10N2/c1-3-8-5-6(2)4-7/h3,6H,5H2,1-2H3/b8-3-. The van der Waals surface area contributed by atoms with E-state index in [1.165, 1.54) is 0 Å². The fourth-order valence-electron chi connectivity index (χ4n) is 0.304. The molecule has 0 aliphatic carbocycles. The Balaban J connectivity index is 3.28. The Kier molecular flexibility index (Phi) is 3.87. The third-order valence-corrected chi connectivity index (χ3v) is 0.782. The molecule has 0 saturated carbocycles. The van der Waals surface area contributed by atoms with Gasteiger partial charge in [-0.2, -0.15) is 5.26 Å². The van der Waals surface area contributed by atoms with E-state index in [1.54, 1.807) is 6.21 Å². The highest BCUT2D eigenvalue weighted by atomic mass is 14.7. The first-order valence-electron chi connectivity index (χ1n) is 2.65. The summed E-state index contributed by atoms with van der Waals surface area (Å²) in [6.45, 7) is 4.34. The highest BCUT2D eigenvalue weighted by Crippen LogP contribution is 1.89. The molecule has 2 nitrogen and oxygen atoms in total. The molecule has 0 spiro atoms. The maximum absolute atomic E-state index is 8.24. The van der Waals surface area contributed by atoms with Crippen LogP contribution in [0.3, 0.4) is 0 Å². The number of nitrogens with zero attached hydrogens (tertiary/aromatic N) is 2. The second-order valence-corrected chi connectivity index (χ2v) is 1.65. The minimum absolute atomic E-state index is 0.0613. The van der Waals surface area contributed by atoms with Gasteiger partial charge in [0.1, 0.15) is 0 Å². The van der Waals surface area contributed by atoms with Crippen LogP contribution in [0.5, 0.6) is 0 Å². The summed E-state index contributed by atoms with van der Waals surface area (Å²) in [7, 11) is 0. The van der Waals surface area contributed by atoms with E-state index in [0.717, 1.165) is 0 Å². The van der Waals surface area contributed by atoms with E-state index in [4.69, 9.17) is 5.26 Å². The first-order valence-corrected chi connectivity index (χ1v) is 2.65. The van der Waals surface area contributed by atoms with Gasteiger partial charge in [-0.15, -0.1) is 0 Å². The summed E-state index contributed by atoms with van der Waals surface area (Å²) in [5.74, 6) is 0.0613. The van der Waals surface area contributed by atoms with Gasteiger partial charge in [0.25, 0.3) is 0 Å². The average Bonchev–Trinajstić information content (AvgIpc) is 1.83. The Labute approximate surface area is 49.9 Å². The Morgan fingerprint density at radius 2 is 2.50 bits per heavy atom. The van der Waals surface area contributed by atoms with Gasteiger partial charge in [0.15, 0.2) is 0 Å². The van der Waals surface area contributed by atoms with Crippen LogP contribution < -0.4 is 0 Å². The molecular formula is C6H10N2. The third kappa shape index (κ3) is 3.35. The first-order chi connectivity index (χ1) is 3.81. The van der Waals surface area contributed by atoms with Crippen molar-refractivity contribution in [3.05, 3.63) is 0 Å². The lowest BCUT2D eigenvalue weighted by molar-refractivity contribution is 0.758. The Hall–Kier alpha value is -0.840. The predicted molar refractivity (Wildman–Crippen MR) is 33.8 cm³/mol. The quantitative estimate of drug-likeness (QED) is 0.492. The number of hydrogen-bond acceptors (Lipinski definition) is 2. The van der Waals surface area contributed by atoms with Crippen molar-refractivity contribution in [3.63, 3.8) is 0 Å². The Morgan fingerprint density at radius 1 is 1.88 bits per heavy atom. The molecular weight excluding hydrogens is 100 g/mol. The van der Waals surface area contributed by atoms with Crippen LogP contribution in [0.25, 0.3) is 0 Å². The van der Waals surface area contributed by atoms with Crippen LogP contribution in [0.4, 0.5) is 0 Å². The van der Waals surface area contributed by atoms with E-state index >= 15 is 0 Å². The zero-order valence-corrected chi connectivity index (χ0v) is 5.26. The summed E-state index contributed by atoms with van der Waals surface area (Å²) in [6, 6.07) is 2.09. The molecule has 2 heteroatoms. The molecule has 0 N–H and O–H groups in total. The minimum Gasteiger partial charge on any atom is -0.296 e. The van der Waals surface area contributed by atoms with Crippen LogP contribution in [0, 0.1) is 17.2 Å². The second-order valence-electron chi connectivity index (χ2n) is 1.65. The lowest BCUT2D eigenvalue weighted by Gasteiger charge is -1.90. The van der Waals surface area contributed by atoms with E-state index in [2.05, 4.69) is 11.1 Å². The molecule has 1 atom stereocenters. The van der Waals surface area contributed by atoms with Crippen LogP contribution in [-0.2, 0) is 0 Å². The Morgan fingerprint density at radius 3 is 2.88 bits per heavy atom. The molecule has 0 rings (SSSR count). The molecule has 0 amide bonds. The molecule has 44 valence electrons. The van der Waals surface area contributed by atoms with Gasteiger partial charge < -0.3 is 0 Å². The van der Waals surface area contributed by atoms with Crippen LogP contribution in [0.15, 0.2) is 4.99 Å². The van der Waals surface area contributed by atoms with Crippen molar-refractivity contribution in [2.75, 3.05) is 6.54 Å². The van der Waals surface area contributed by atoms with Crippen LogP contribution >= 0.6 is 0 Å². The monoisotopic (exact) mass is 110 g/mol. The average molecular weight is 110 g/mol. The lowest BCUT2D eigenvalue weighted by Crippen LogP contribution is -1.93. The molecule has 0 aliphatic heterocycles. The maximum atomic E-state index is 8.24. The van der Waals surface area contributed by atoms with Gasteiger partial charge in [-0.25, -0.2) is 0 Å². The van der Waals surface area contributed by atoms with Crippen LogP contribution in [0.2, 0.25) is 0 Å². The van der Waals surface area contributed by atoms with Gasteiger partial charge in [-0.1, -0.05) is 0 Å². The van der Waals surface area contributed by atoms with E-state index < -0.39 is 0 Å². The molecule has 0 aromatic carbocycles. The van der Waals surface area contributed by atoms with E-state index in [0.29, 0.717) is 6.54 Å². The maximum Gasteiger partial charge on any atom is 0.0672 e. The van der Waals surface area contributed by atoms with Gasteiger partial charge >= 0.3 is 0 Å². The van der Waals surface area contributed by atoms with Gasteiger partial charge in [0.2, 0.25) is 0 Å². The predicted octanol–water partition coefficient (Wildman–Crippen LogP) is 1.24. The van der Waals surface area contributed by atoms with E-state index in [1.807, 2.05) is 13.8 Å². The molecule has 0 aromatic heterocycles. The second kappa shape index (κ2) is 4.32. The summed E-state index contributed by atoms with van der Waals surface area (Å²) >= 11 is 0. The largest absolute Gasteiger partial charge is 0.296 e. The summed E-state index contributed by atoms with van der Waals surface area (Å²) in [6.07, 6.45) is 1.72. The van der Waals surface area contributed by atoms with Crippen molar-refractivity contribution < 1.29 is 0 Å². The summed E-state index contributed by atoms with van der Waals surface area (Å²) in [4.78, 5) is 3.90. The van der Waals surface area contributed by atoms with Gasteiger partial charge in [-0.05, 0) is 20.1 Å². The fraction of sp³-hybridized carbons (Fsp3) is 0.667. The summed E-state index contributed by atoms with van der Waals surface area (Å²) < 4.78 is 0. The molecule has 0 fully saturated rings. The van der Waals surface area contributed by atoms with Crippen molar-refractivity contribution in [1.82, 2.24) is 0 Å². The normalized spacial score (nSPS) is 13.6. The molecule has 0 bridgehead atoms.